The van der Waals surface area contributed by atoms with Gasteiger partial charge in [0.2, 0.25) is 0 Å². The summed E-state index contributed by atoms with van der Waals surface area (Å²) in [5, 5.41) is 11.8. The average molecular weight is 458 g/mol. The number of aromatic nitrogens is 1. The molecule has 1 saturated heterocycles. The molecule has 0 unspecified atom stereocenters. The Balaban J connectivity index is 1.93. The quantitative estimate of drug-likeness (QED) is 0.484. The van der Waals surface area contributed by atoms with Crippen LogP contribution in [0.15, 0.2) is 48.5 Å². The molecule has 4 rings (SSSR count). The Bertz CT molecular complexity index is 1110. The molecule has 1 aromatic heterocycles. The smallest absolute Gasteiger partial charge is 0.147 e. The molecule has 0 aliphatic carbocycles. The summed E-state index contributed by atoms with van der Waals surface area (Å²) in [5.74, 6) is 0.680. The number of hydrogen-bond acceptors (Lipinski definition) is 4. The van der Waals surface area contributed by atoms with Gasteiger partial charge in [-0.25, -0.2) is 4.98 Å². The number of anilines is 1. The van der Waals surface area contributed by atoms with Crippen LogP contribution < -0.4 is 4.90 Å². The van der Waals surface area contributed by atoms with E-state index in [1.54, 1.807) is 12.1 Å². The third-order valence-corrected chi connectivity index (χ3v) is 6.08. The van der Waals surface area contributed by atoms with Crippen LogP contribution in [0.4, 0.5) is 5.82 Å². The van der Waals surface area contributed by atoms with Gasteiger partial charge in [-0.05, 0) is 37.4 Å². The average Bonchev–Trinajstić information content (AvgIpc) is 2.74. The van der Waals surface area contributed by atoms with Crippen molar-refractivity contribution in [3.8, 4) is 28.5 Å². The van der Waals surface area contributed by atoms with Gasteiger partial charge in [0.25, 0.3) is 0 Å². The third kappa shape index (κ3) is 4.26. The standard InChI is InChI=1S/C23H19Cl3N4/c1-29-8-10-30(11-9-29)23-20(14-27)19(18-7-6-17(25)12-21(18)26)13-22(28-23)15-2-4-16(24)5-3-15/h2-7,12-13H,8-11H2,1H3. The molecule has 2 aromatic carbocycles. The van der Waals surface area contributed by atoms with Crippen LogP contribution in [0.25, 0.3) is 22.4 Å². The van der Waals surface area contributed by atoms with Crippen molar-refractivity contribution in [2.24, 2.45) is 0 Å². The SMILES string of the molecule is CN1CCN(c2nc(-c3ccc(Cl)cc3)cc(-c3ccc(Cl)cc3Cl)c2C#N)CC1. The van der Waals surface area contributed by atoms with E-state index < -0.39 is 0 Å². The predicted octanol–water partition coefficient (Wildman–Crippen LogP) is 6.00. The van der Waals surface area contributed by atoms with E-state index in [4.69, 9.17) is 39.8 Å². The number of hydrogen-bond donors (Lipinski definition) is 0. The Morgan fingerprint density at radius 2 is 1.53 bits per heavy atom. The molecule has 0 bridgehead atoms. The first-order valence-corrected chi connectivity index (χ1v) is 10.7. The molecular weight excluding hydrogens is 439 g/mol. The normalized spacial score (nSPS) is 14.6. The number of likely N-dealkylation sites (N-methyl/N-ethyl adjacent to an activating group) is 1. The van der Waals surface area contributed by atoms with Crippen LogP contribution in [-0.2, 0) is 0 Å². The second-order valence-corrected chi connectivity index (χ2v) is 8.57. The zero-order chi connectivity index (χ0) is 21.3. The Morgan fingerprint density at radius 3 is 2.17 bits per heavy atom. The van der Waals surface area contributed by atoms with Gasteiger partial charge in [0.1, 0.15) is 17.5 Å². The van der Waals surface area contributed by atoms with Crippen molar-refractivity contribution in [2.45, 2.75) is 0 Å². The van der Waals surface area contributed by atoms with E-state index in [2.05, 4.69) is 22.9 Å². The Hall–Kier alpha value is -2.29. The minimum absolute atomic E-state index is 0.497. The van der Waals surface area contributed by atoms with Crippen LogP contribution in [0.1, 0.15) is 5.56 Å². The molecule has 0 saturated carbocycles. The van der Waals surface area contributed by atoms with Crippen molar-refractivity contribution in [3.05, 3.63) is 69.2 Å². The highest BCUT2D eigenvalue weighted by Gasteiger charge is 2.23. The molecular formula is C23H19Cl3N4. The highest BCUT2D eigenvalue weighted by atomic mass is 35.5. The zero-order valence-corrected chi connectivity index (χ0v) is 18.6. The molecule has 1 fully saturated rings. The first-order valence-electron chi connectivity index (χ1n) is 9.56. The molecule has 0 atom stereocenters. The largest absolute Gasteiger partial charge is 0.353 e. The van der Waals surface area contributed by atoms with Crippen LogP contribution in [0.3, 0.4) is 0 Å². The lowest BCUT2D eigenvalue weighted by Gasteiger charge is -2.34. The van der Waals surface area contributed by atoms with Crippen molar-refractivity contribution < 1.29 is 0 Å². The van der Waals surface area contributed by atoms with Crippen molar-refractivity contribution in [3.63, 3.8) is 0 Å². The van der Waals surface area contributed by atoms with Gasteiger partial charge in [0.05, 0.1) is 5.69 Å². The number of halogens is 3. The summed E-state index contributed by atoms with van der Waals surface area (Å²) in [6, 6.07) is 17.1. The van der Waals surface area contributed by atoms with E-state index in [9.17, 15) is 5.26 Å². The van der Waals surface area contributed by atoms with E-state index in [-0.39, 0.29) is 0 Å². The Labute approximate surface area is 191 Å². The van der Waals surface area contributed by atoms with Crippen LogP contribution in [0.5, 0.6) is 0 Å². The second kappa shape index (κ2) is 8.83. The molecule has 3 aromatic rings. The van der Waals surface area contributed by atoms with Gasteiger partial charge in [-0.2, -0.15) is 5.26 Å². The molecule has 0 spiro atoms. The Kier molecular flexibility index (Phi) is 6.17. The molecule has 7 heteroatoms. The number of pyridine rings is 1. The van der Waals surface area contributed by atoms with Crippen molar-refractivity contribution in [1.29, 1.82) is 5.26 Å². The van der Waals surface area contributed by atoms with Crippen molar-refractivity contribution in [2.75, 3.05) is 38.1 Å². The number of nitriles is 1. The predicted molar refractivity (Wildman–Crippen MR) is 125 cm³/mol. The molecule has 0 N–H and O–H groups in total. The van der Waals surface area contributed by atoms with Gasteiger partial charge in [0, 0.05) is 57.9 Å². The summed E-state index contributed by atoms with van der Waals surface area (Å²) in [5.41, 5.74) is 3.70. The molecule has 0 amide bonds. The van der Waals surface area contributed by atoms with Crippen LogP contribution in [0.2, 0.25) is 15.1 Å². The Morgan fingerprint density at radius 1 is 0.867 bits per heavy atom. The van der Waals surface area contributed by atoms with Gasteiger partial charge in [0.15, 0.2) is 0 Å². The number of piperazine rings is 1. The van der Waals surface area contributed by atoms with E-state index in [1.165, 1.54) is 0 Å². The maximum absolute atomic E-state index is 10.1. The summed E-state index contributed by atoms with van der Waals surface area (Å²) < 4.78 is 0. The molecule has 0 radical (unpaired) electrons. The lowest BCUT2D eigenvalue weighted by molar-refractivity contribution is 0.312. The van der Waals surface area contributed by atoms with Gasteiger partial charge < -0.3 is 9.80 Å². The maximum Gasteiger partial charge on any atom is 0.147 e. The second-order valence-electron chi connectivity index (χ2n) is 7.29. The topological polar surface area (TPSA) is 43.2 Å². The van der Waals surface area contributed by atoms with Gasteiger partial charge in [-0.15, -0.1) is 0 Å². The van der Waals surface area contributed by atoms with E-state index in [0.717, 1.165) is 48.6 Å². The molecule has 1 aliphatic rings. The zero-order valence-electron chi connectivity index (χ0n) is 16.4. The number of rotatable bonds is 3. The molecule has 30 heavy (non-hydrogen) atoms. The monoisotopic (exact) mass is 456 g/mol. The number of nitrogens with zero attached hydrogens (tertiary/aromatic N) is 4. The summed E-state index contributed by atoms with van der Waals surface area (Å²) in [6.07, 6.45) is 0. The molecule has 152 valence electrons. The summed E-state index contributed by atoms with van der Waals surface area (Å²) in [6.45, 7) is 3.43. The minimum Gasteiger partial charge on any atom is -0.353 e. The van der Waals surface area contributed by atoms with Crippen LogP contribution in [0, 0.1) is 11.3 Å². The summed E-state index contributed by atoms with van der Waals surface area (Å²) in [7, 11) is 2.10. The van der Waals surface area contributed by atoms with Gasteiger partial charge >= 0.3 is 0 Å². The number of benzene rings is 2. The lowest BCUT2D eigenvalue weighted by atomic mass is 9.97. The van der Waals surface area contributed by atoms with Gasteiger partial charge in [-0.3, -0.25) is 0 Å². The fraction of sp³-hybridized carbons (Fsp3) is 0.217. The fourth-order valence-corrected chi connectivity index (χ4v) is 4.21. The maximum atomic E-state index is 10.1. The fourth-order valence-electron chi connectivity index (χ4n) is 3.58. The first-order chi connectivity index (χ1) is 14.5. The lowest BCUT2D eigenvalue weighted by Crippen LogP contribution is -2.45. The first kappa shape index (κ1) is 21.0. The van der Waals surface area contributed by atoms with E-state index >= 15 is 0 Å². The highest BCUT2D eigenvalue weighted by molar-refractivity contribution is 6.36. The summed E-state index contributed by atoms with van der Waals surface area (Å²) >= 11 is 18.7. The van der Waals surface area contributed by atoms with Crippen molar-refractivity contribution >= 4 is 40.6 Å². The highest BCUT2D eigenvalue weighted by Crippen LogP contribution is 2.38. The van der Waals surface area contributed by atoms with Gasteiger partial charge in [-0.1, -0.05) is 53.0 Å². The molecule has 2 heterocycles. The molecule has 4 nitrogen and oxygen atoms in total. The van der Waals surface area contributed by atoms with Crippen LogP contribution in [-0.4, -0.2) is 43.1 Å². The molecule has 1 aliphatic heterocycles. The van der Waals surface area contributed by atoms with Crippen molar-refractivity contribution in [1.82, 2.24) is 9.88 Å². The minimum atomic E-state index is 0.497. The van der Waals surface area contributed by atoms with E-state index in [0.29, 0.717) is 26.4 Å². The summed E-state index contributed by atoms with van der Waals surface area (Å²) in [4.78, 5) is 9.34. The third-order valence-electron chi connectivity index (χ3n) is 5.28. The van der Waals surface area contributed by atoms with E-state index in [1.807, 2.05) is 36.4 Å². The van der Waals surface area contributed by atoms with Crippen LogP contribution >= 0.6 is 34.8 Å².